The van der Waals surface area contributed by atoms with Gasteiger partial charge in [-0.3, -0.25) is 9.69 Å². The van der Waals surface area contributed by atoms with Gasteiger partial charge in [0.2, 0.25) is 5.91 Å². The molecule has 6 heteroatoms. The van der Waals surface area contributed by atoms with E-state index >= 15 is 0 Å². The zero-order valence-corrected chi connectivity index (χ0v) is 13.3. The fraction of sp³-hybridized carbons (Fsp3) is 0.923. The Labute approximate surface area is 128 Å². The first-order valence-corrected chi connectivity index (χ1v) is 6.94. The Hall–Kier alpha value is -0.0300. The van der Waals surface area contributed by atoms with Gasteiger partial charge in [-0.05, 0) is 45.7 Å². The van der Waals surface area contributed by atoms with Crippen LogP contribution in [0.4, 0.5) is 0 Å². The third-order valence-electron chi connectivity index (χ3n) is 3.90. The summed E-state index contributed by atoms with van der Waals surface area (Å²) in [6, 6.07) is 0.581. The maximum absolute atomic E-state index is 12.0. The molecule has 19 heavy (non-hydrogen) atoms. The van der Waals surface area contributed by atoms with Crippen LogP contribution in [0, 0.1) is 0 Å². The second-order valence-corrected chi connectivity index (χ2v) is 5.56. The lowest BCUT2D eigenvalue weighted by atomic mass is 10.0. The van der Waals surface area contributed by atoms with Crippen LogP contribution in [-0.4, -0.2) is 54.0 Å². The van der Waals surface area contributed by atoms with Gasteiger partial charge in [-0.15, -0.1) is 24.8 Å². The molecule has 0 aromatic heterocycles. The highest BCUT2D eigenvalue weighted by Gasteiger charge is 2.29. The molecule has 2 aliphatic heterocycles. The number of piperidine rings is 1. The molecule has 2 N–H and O–H groups in total. The molecular weight excluding hydrogens is 285 g/mol. The van der Waals surface area contributed by atoms with Gasteiger partial charge in [0, 0.05) is 31.6 Å². The standard InChI is InChI=1S/C13H25N3O.2ClH/c1-11(14)9-13(17)16-8-4-5-12(10-16)15-6-2-3-7-15;;/h11-12H,2-10,14H2,1H3;2*1H. The maximum atomic E-state index is 12.0. The molecule has 0 aromatic rings. The van der Waals surface area contributed by atoms with Gasteiger partial charge >= 0.3 is 0 Å². The number of hydrogen-bond acceptors (Lipinski definition) is 3. The van der Waals surface area contributed by atoms with Crippen LogP contribution in [0.5, 0.6) is 0 Å². The third kappa shape index (κ3) is 5.46. The smallest absolute Gasteiger partial charge is 0.224 e. The van der Waals surface area contributed by atoms with Gasteiger partial charge in [0.15, 0.2) is 0 Å². The first-order chi connectivity index (χ1) is 8.16. The monoisotopic (exact) mass is 311 g/mol. The van der Waals surface area contributed by atoms with Crippen LogP contribution >= 0.6 is 24.8 Å². The molecule has 114 valence electrons. The molecule has 2 fully saturated rings. The number of nitrogens with zero attached hydrogens (tertiary/aromatic N) is 2. The van der Waals surface area contributed by atoms with E-state index in [2.05, 4.69) is 4.90 Å². The molecule has 2 heterocycles. The molecular formula is C13H27Cl2N3O. The number of amides is 1. The summed E-state index contributed by atoms with van der Waals surface area (Å²) in [5.41, 5.74) is 5.70. The van der Waals surface area contributed by atoms with Crippen molar-refractivity contribution in [3.8, 4) is 0 Å². The number of halogens is 2. The van der Waals surface area contributed by atoms with Crippen molar-refractivity contribution in [2.75, 3.05) is 26.2 Å². The van der Waals surface area contributed by atoms with Crippen molar-refractivity contribution < 1.29 is 4.79 Å². The molecule has 2 rings (SSSR count). The first kappa shape index (κ1) is 19.0. The largest absolute Gasteiger partial charge is 0.341 e. The van der Waals surface area contributed by atoms with E-state index in [-0.39, 0.29) is 36.8 Å². The van der Waals surface area contributed by atoms with E-state index < -0.39 is 0 Å². The van der Waals surface area contributed by atoms with E-state index in [0.29, 0.717) is 12.5 Å². The lowest BCUT2D eigenvalue weighted by molar-refractivity contribution is -0.133. The summed E-state index contributed by atoms with van der Waals surface area (Å²) in [5.74, 6) is 0.240. The second-order valence-electron chi connectivity index (χ2n) is 5.56. The van der Waals surface area contributed by atoms with Gasteiger partial charge in [-0.2, -0.15) is 0 Å². The summed E-state index contributed by atoms with van der Waals surface area (Å²) in [6.45, 7) is 6.20. The highest BCUT2D eigenvalue weighted by molar-refractivity contribution is 5.85. The van der Waals surface area contributed by atoms with Gasteiger partial charge in [0.1, 0.15) is 0 Å². The minimum atomic E-state index is -0.0188. The molecule has 0 aromatic carbocycles. The van der Waals surface area contributed by atoms with Crippen LogP contribution in [0.15, 0.2) is 0 Å². The van der Waals surface area contributed by atoms with Crippen LogP contribution in [0.3, 0.4) is 0 Å². The Morgan fingerprint density at radius 1 is 1.21 bits per heavy atom. The maximum Gasteiger partial charge on any atom is 0.224 e. The van der Waals surface area contributed by atoms with Crippen molar-refractivity contribution in [2.24, 2.45) is 5.73 Å². The van der Waals surface area contributed by atoms with Crippen LogP contribution in [0.2, 0.25) is 0 Å². The topological polar surface area (TPSA) is 49.6 Å². The van der Waals surface area contributed by atoms with Gasteiger partial charge in [-0.1, -0.05) is 0 Å². The fourth-order valence-corrected chi connectivity index (χ4v) is 2.99. The lowest BCUT2D eigenvalue weighted by Gasteiger charge is -2.37. The number of likely N-dealkylation sites (tertiary alicyclic amines) is 2. The number of carbonyl (C=O) groups excluding carboxylic acids is 1. The summed E-state index contributed by atoms with van der Waals surface area (Å²) in [4.78, 5) is 16.6. The second kappa shape index (κ2) is 9.01. The number of hydrogen-bond donors (Lipinski definition) is 1. The molecule has 0 radical (unpaired) electrons. The molecule has 1 amide bonds. The average molecular weight is 312 g/mol. The molecule has 0 bridgehead atoms. The Morgan fingerprint density at radius 2 is 1.84 bits per heavy atom. The van der Waals surface area contributed by atoms with Crippen LogP contribution in [0.1, 0.15) is 39.0 Å². The van der Waals surface area contributed by atoms with Gasteiger partial charge in [0.05, 0.1) is 0 Å². The Bertz CT molecular complexity index is 271. The summed E-state index contributed by atoms with van der Waals surface area (Å²) >= 11 is 0. The zero-order chi connectivity index (χ0) is 12.3. The molecule has 0 saturated carbocycles. The highest BCUT2D eigenvalue weighted by Crippen LogP contribution is 2.20. The van der Waals surface area contributed by atoms with Crippen molar-refractivity contribution in [3.63, 3.8) is 0 Å². The molecule has 2 unspecified atom stereocenters. The van der Waals surface area contributed by atoms with E-state index in [0.717, 1.165) is 19.5 Å². The van der Waals surface area contributed by atoms with Gasteiger partial charge in [-0.25, -0.2) is 0 Å². The van der Waals surface area contributed by atoms with Crippen LogP contribution < -0.4 is 5.73 Å². The average Bonchev–Trinajstić information content (AvgIpc) is 2.82. The molecule has 0 aliphatic carbocycles. The first-order valence-electron chi connectivity index (χ1n) is 6.94. The van der Waals surface area contributed by atoms with Crippen molar-refractivity contribution in [1.82, 2.24) is 9.80 Å². The van der Waals surface area contributed by atoms with Crippen molar-refractivity contribution in [3.05, 3.63) is 0 Å². The molecule has 2 atom stereocenters. The SMILES string of the molecule is CC(N)CC(=O)N1CCCC(N2CCCC2)C1.Cl.Cl. The summed E-state index contributed by atoms with van der Waals surface area (Å²) in [5, 5.41) is 0. The Balaban J connectivity index is 0.00000162. The van der Waals surface area contributed by atoms with E-state index in [1.165, 1.54) is 32.4 Å². The quantitative estimate of drug-likeness (QED) is 0.862. The summed E-state index contributed by atoms with van der Waals surface area (Å²) in [6.07, 6.45) is 5.54. The van der Waals surface area contributed by atoms with Crippen molar-refractivity contribution >= 4 is 30.7 Å². The van der Waals surface area contributed by atoms with E-state index in [1.807, 2.05) is 11.8 Å². The molecule has 2 saturated heterocycles. The van der Waals surface area contributed by atoms with E-state index in [9.17, 15) is 4.79 Å². The van der Waals surface area contributed by atoms with Gasteiger partial charge in [0.25, 0.3) is 0 Å². The predicted molar refractivity (Wildman–Crippen MR) is 83.2 cm³/mol. The zero-order valence-electron chi connectivity index (χ0n) is 11.7. The lowest BCUT2D eigenvalue weighted by Crippen LogP contribution is -2.49. The minimum absolute atomic E-state index is 0. The molecule has 0 spiro atoms. The summed E-state index contributed by atoms with van der Waals surface area (Å²) in [7, 11) is 0. The van der Waals surface area contributed by atoms with Crippen molar-refractivity contribution in [2.45, 2.75) is 51.1 Å². The Kier molecular flexibility index (Phi) is 8.99. The molecule has 4 nitrogen and oxygen atoms in total. The van der Waals surface area contributed by atoms with E-state index in [4.69, 9.17) is 5.73 Å². The van der Waals surface area contributed by atoms with Crippen LogP contribution in [-0.2, 0) is 4.79 Å². The number of nitrogens with two attached hydrogens (primary N) is 1. The Morgan fingerprint density at radius 3 is 2.42 bits per heavy atom. The number of rotatable bonds is 3. The summed E-state index contributed by atoms with van der Waals surface area (Å²) < 4.78 is 0. The number of carbonyl (C=O) groups is 1. The third-order valence-corrected chi connectivity index (χ3v) is 3.90. The fourth-order valence-electron chi connectivity index (χ4n) is 2.99. The van der Waals surface area contributed by atoms with Gasteiger partial charge < -0.3 is 10.6 Å². The minimum Gasteiger partial charge on any atom is -0.341 e. The highest BCUT2D eigenvalue weighted by atomic mass is 35.5. The van der Waals surface area contributed by atoms with Crippen LogP contribution in [0.25, 0.3) is 0 Å². The predicted octanol–water partition coefficient (Wildman–Crippen LogP) is 1.65. The normalized spacial score (nSPS) is 25.4. The molecule has 2 aliphatic rings. The van der Waals surface area contributed by atoms with Crippen molar-refractivity contribution in [1.29, 1.82) is 0 Å². The van der Waals surface area contributed by atoms with E-state index in [1.54, 1.807) is 0 Å².